The highest BCUT2D eigenvalue weighted by Gasteiger charge is 2.41. The SMILES string of the molecule is CN(C)CC(=O)N(C)C(COCc1ccccc1)c1nnc2n1CCC(COC(N)=O)(c1ccccc1)C2. The molecule has 3 aromatic rings. The second kappa shape index (κ2) is 12.2. The Hall–Kier alpha value is -3.76. The van der Waals surface area contributed by atoms with Crippen molar-refractivity contribution in [3.63, 3.8) is 0 Å². The zero-order valence-electron chi connectivity index (χ0n) is 22.2. The molecule has 2 atom stereocenters. The van der Waals surface area contributed by atoms with Gasteiger partial charge in [0.2, 0.25) is 5.91 Å². The van der Waals surface area contributed by atoms with Gasteiger partial charge in [0, 0.05) is 25.4 Å². The van der Waals surface area contributed by atoms with E-state index in [9.17, 15) is 9.59 Å². The van der Waals surface area contributed by atoms with Gasteiger partial charge in [-0.3, -0.25) is 4.79 Å². The first-order chi connectivity index (χ1) is 18.3. The number of primary amides is 1. The Kier molecular flexibility index (Phi) is 8.75. The maximum atomic E-state index is 13.0. The minimum Gasteiger partial charge on any atom is -0.449 e. The predicted molar refractivity (Wildman–Crippen MR) is 142 cm³/mol. The number of fused-ring (bicyclic) bond motifs is 1. The van der Waals surface area contributed by atoms with Crippen LogP contribution in [0.15, 0.2) is 60.7 Å². The van der Waals surface area contributed by atoms with Crippen LogP contribution in [0, 0.1) is 0 Å². The highest BCUT2D eigenvalue weighted by molar-refractivity contribution is 5.78. The van der Waals surface area contributed by atoms with Crippen molar-refractivity contribution in [1.82, 2.24) is 24.6 Å². The third-order valence-corrected chi connectivity index (χ3v) is 7.04. The largest absolute Gasteiger partial charge is 0.449 e. The molecule has 4 rings (SSSR count). The number of rotatable bonds is 11. The smallest absolute Gasteiger partial charge is 0.404 e. The summed E-state index contributed by atoms with van der Waals surface area (Å²) in [5.41, 5.74) is 6.96. The highest BCUT2D eigenvalue weighted by Crippen LogP contribution is 2.37. The molecule has 0 radical (unpaired) electrons. The van der Waals surface area contributed by atoms with Crippen LogP contribution in [0.3, 0.4) is 0 Å². The third-order valence-electron chi connectivity index (χ3n) is 7.04. The van der Waals surface area contributed by atoms with Crippen molar-refractivity contribution >= 4 is 12.0 Å². The van der Waals surface area contributed by atoms with Crippen LogP contribution in [-0.2, 0) is 39.3 Å². The Bertz CT molecular complexity index is 1220. The van der Waals surface area contributed by atoms with Gasteiger partial charge in [0.05, 0.1) is 19.8 Å². The normalized spacial score (nSPS) is 17.6. The number of carbonyl (C=O) groups excluding carboxylic acids is 2. The number of amides is 2. The van der Waals surface area contributed by atoms with Gasteiger partial charge in [-0.15, -0.1) is 10.2 Å². The van der Waals surface area contributed by atoms with E-state index in [4.69, 9.17) is 15.2 Å². The molecule has 2 amide bonds. The average Bonchev–Trinajstić information content (AvgIpc) is 3.33. The quantitative estimate of drug-likeness (QED) is 0.413. The molecule has 2 unspecified atom stereocenters. The molecule has 2 aromatic carbocycles. The molecule has 0 fully saturated rings. The molecule has 0 spiro atoms. The van der Waals surface area contributed by atoms with Crippen LogP contribution in [0.4, 0.5) is 4.79 Å². The Labute approximate surface area is 223 Å². The molecule has 202 valence electrons. The predicted octanol–water partition coefficient (Wildman–Crippen LogP) is 2.54. The van der Waals surface area contributed by atoms with Crippen molar-refractivity contribution in [3.8, 4) is 0 Å². The second-order valence-corrected chi connectivity index (χ2v) is 10.1. The lowest BCUT2D eigenvalue weighted by molar-refractivity contribution is -0.134. The number of ether oxygens (including phenoxy) is 2. The number of aromatic nitrogens is 3. The molecule has 2 N–H and O–H groups in total. The fourth-order valence-corrected chi connectivity index (χ4v) is 4.92. The monoisotopic (exact) mass is 520 g/mol. The van der Waals surface area contributed by atoms with E-state index in [-0.39, 0.29) is 25.7 Å². The van der Waals surface area contributed by atoms with Crippen LogP contribution in [0.2, 0.25) is 0 Å². The van der Waals surface area contributed by atoms with E-state index in [0.717, 1.165) is 17.0 Å². The standard InChI is InChI=1S/C28H36N6O4/c1-32(2)17-25(35)33(3)23(19-37-18-21-10-6-4-7-11-21)26-31-30-24-16-28(14-15-34(24)26,20-38-27(29)36)22-12-8-5-9-13-22/h4-13,23H,14-20H2,1-3H3,(H2,29,36). The summed E-state index contributed by atoms with van der Waals surface area (Å²) in [5.74, 6) is 1.41. The summed E-state index contributed by atoms with van der Waals surface area (Å²) in [6.07, 6.45) is 0.407. The van der Waals surface area contributed by atoms with Crippen LogP contribution in [0.5, 0.6) is 0 Å². The van der Waals surface area contributed by atoms with Gasteiger partial charge in [-0.05, 0) is 31.6 Å². The molecule has 1 aliphatic rings. The maximum absolute atomic E-state index is 13.0. The Balaban J connectivity index is 1.60. The second-order valence-electron chi connectivity index (χ2n) is 10.1. The Morgan fingerprint density at radius 1 is 1.05 bits per heavy atom. The molecule has 10 heteroatoms. The highest BCUT2D eigenvalue weighted by atomic mass is 16.5. The Morgan fingerprint density at radius 2 is 1.74 bits per heavy atom. The first-order valence-corrected chi connectivity index (χ1v) is 12.7. The van der Waals surface area contributed by atoms with Crippen molar-refractivity contribution in [2.24, 2.45) is 5.73 Å². The molecule has 1 aliphatic heterocycles. The van der Waals surface area contributed by atoms with E-state index in [0.29, 0.717) is 31.8 Å². The van der Waals surface area contributed by atoms with E-state index < -0.39 is 17.6 Å². The number of carbonyl (C=O) groups is 2. The fourth-order valence-electron chi connectivity index (χ4n) is 4.92. The lowest BCUT2D eigenvalue weighted by atomic mass is 9.73. The Morgan fingerprint density at radius 3 is 2.39 bits per heavy atom. The fraction of sp³-hybridized carbons (Fsp3) is 0.429. The molecule has 0 aliphatic carbocycles. The molecule has 0 saturated carbocycles. The average molecular weight is 521 g/mol. The van der Waals surface area contributed by atoms with Gasteiger partial charge in [0.25, 0.3) is 0 Å². The molecule has 0 saturated heterocycles. The first-order valence-electron chi connectivity index (χ1n) is 12.7. The topological polar surface area (TPSA) is 116 Å². The van der Waals surface area contributed by atoms with Crippen molar-refractivity contribution in [3.05, 3.63) is 83.4 Å². The molecule has 38 heavy (non-hydrogen) atoms. The number of benzene rings is 2. The molecular formula is C28H36N6O4. The van der Waals surface area contributed by atoms with Gasteiger partial charge in [0.1, 0.15) is 18.5 Å². The first kappa shape index (κ1) is 27.3. The molecule has 1 aromatic heterocycles. The molecule has 10 nitrogen and oxygen atoms in total. The van der Waals surface area contributed by atoms with Gasteiger partial charge in [-0.25, -0.2) is 4.79 Å². The van der Waals surface area contributed by atoms with E-state index in [1.165, 1.54) is 0 Å². The minimum atomic E-state index is -0.801. The van der Waals surface area contributed by atoms with Crippen molar-refractivity contribution in [2.45, 2.75) is 37.5 Å². The number of likely N-dealkylation sites (N-methyl/N-ethyl adjacent to an activating group) is 2. The summed E-state index contributed by atoms with van der Waals surface area (Å²) in [7, 11) is 5.51. The van der Waals surface area contributed by atoms with E-state index in [1.807, 2.05) is 79.7 Å². The number of hydrogen-bond donors (Lipinski definition) is 1. The lowest BCUT2D eigenvalue weighted by Gasteiger charge is -2.38. The van der Waals surface area contributed by atoms with Gasteiger partial charge in [-0.2, -0.15) is 0 Å². The van der Waals surface area contributed by atoms with Gasteiger partial charge in [0.15, 0.2) is 5.82 Å². The zero-order chi connectivity index (χ0) is 27.1. The van der Waals surface area contributed by atoms with Crippen LogP contribution in [0.25, 0.3) is 0 Å². The number of nitrogens with two attached hydrogens (primary N) is 1. The van der Waals surface area contributed by atoms with Crippen LogP contribution >= 0.6 is 0 Å². The van der Waals surface area contributed by atoms with Gasteiger partial charge < -0.3 is 29.6 Å². The summed E-state index contributed by atoms with van der Waals surface area (Å²) < 4.78 is 13.5. The maximum Gasteiger partial charge on any atom is 0.404 e. The van der Waals surface area contributed by atoms with Crippen LogP contribution in [-0.4, -0.2) is 77.5 Å². The summed E-state index contributed by atoms with van der Waals surface area (Å²) in [6, 6.07) is 19.5. The number of nitrogens with zero attached hydrogens (tertiary/aromatic N) is 5. The van der Waals surface area contributed by atoms with Crippen LogP contribution < -0.4 is 5.73 Å². The summed E-state index contributed by atoms with van der Waals surface area (Å²) in [4.78, 5) is 28.1. The van der Waals surface area contributed by atoms with Gasteiger partial charge >= 0.3 is 6.09 Å². The van der Waals surface area contributed by atoms with Crippen molar-refractivity contribution in [2.75, 3.05) is 40.9 Å². The van der Waals surface area contributed by atoms with E-state index in [1.54, 1.807) is 11.9 Å². The zero-order valence-corrected chi connectivity index (χ0v) is 22.2. The van der Waals surface area contributed by atoms with E-state index >= 15 is 0 Å². The summed E-state index contributed by atoms with van der Waals surface area (Å²) in [5, 5.41) is 9.09. The summed E-state index contributed by atoms with van der Waals surface area (Å²) >= 11 is 0. The van der Waals surface area contributed by atoms with Crippen molar-refractivity contribution < 1.29 is 19.1 Å². The molecule has 2 heterocycles. The summed E-state index contributed by atoms with van der Waals surface area (Å²) in [6.45, 7) is 1.72. The van der Waals surface area contributed by atoms with Gasteiger partial charge in [-0.1, -0.05) is 60.7 Å². The van der Waals surface area contributed by atoms with E-state index in [2.05, 4.69) is 14.8 Å². The number of hydrogen-bond acceptors (Lipinski definition) is 7. The van der Waals surface area contributed by atoms with Crippen molar-refractivity contribution in [1.29, 1.82) is 0 Å². The third kappa shape index (κ3) is 6.38. The van der Waals surface area contributed by atoms with Crippen LogP contribution in [0.1, 0.15) is 35.2 Å². The lowest BCUT2D eigenvalue weighted by Crippen LogP contribution is -2.43. The minimum absolute atomic E-state index is 0.0371. The molecular weight excluding hydrogens is 484 g/mol. The molecule has 0 bridgehead atoms.